The van der Waals surface area contributed by atoms with Crippen molar-refractivity contribution in [2.75, 3.05) is 5.32 Å². The van der Waals surface area contributed by atoms with E-state index in [0.717, 1.165) is 10.6 Å². The summed E-state index contributed by atoms with van der Waals surface area (Å²) in [4.78, 5) is 11.5. The van der Waals surface area contributed by atoms with Crippen molar-refractivity contribution in [2.24, 2.45) is 0 Å². The van der Waals surface area contributed by atoms with E-state index in [-0.39, 0.29) is 6.42 Å². The molecule has 0 saturated heterocycles. The summed E-state index contributed by atoms with van der Waals surface area (Å²) in [6.45, 7) is 0. The molecule has 0 aliphatic carbocycles. The topological polar surface area (TPSA) is 49.3 Å². The third-order valence-corrected chi connectivity index (χ3v) is 3.83. The number of halogens is 2. The van der Waals surface area contributed by atoms with Gasteiger partial charge in [-0.2, -0.15) is 0 Å². The fourth-order valence-corrected chi connectivity index (χ4v) is 2.79. The van der Waals surface area contributed by atoms with Gasteiger partial charge in [-0.15, -0.1) is 11.3 Å². The Labute approximate surface area is 118 Å². The molecule has 0 radical (unpaired) electrons. The Balaban J connectivity index is 2.29. The maximum absolute atomic E-state index is 10.7. The molecule has 2 rings (SSSR count). The lowest BCUT2D eigenvalue weighted by Gasteiger charge is -2.10. The van der Waals surface area contributed by atoms with E-state index in [0.29, 0.717) is 15.7 Å². The number of carbonyl (C=O) groups is 1. The summed E-state index contributed by atoms with van der Waals surface area (Å²) in [6.07, 6.45) is -0.0257. The summed E-state index contributed by atoms with van der Waals surface area (Å²) >= 11 is 13.5. The zero-order valence-corrected chi connectivity index (χ0v) is 11.4. The standard InChI is InChI=1S/C12H9Cl2NO2S/c13-7-2-1-3-8(14)12(7)15-9-4-5-18-10(9)6-11(16)17/h1-5,15H,6H2,(H,16,17). The minimum atomic E-state index is -0.870. The van der Waals surface area contributed by atoms with Crippen LogP contribution >= 0.6 is 34.5 Å². The fraction of sp³-hybridized carbons (Fsp3) is 0.0833. The molecule has 0 aliphatic heterocycles. The molecule has 0 spiro atoms. The van der Waals surface area contributed by atoms with Gasteiger partial charge in [-0.05, 0) is 23.6 Å². The number of para-hydroxylation sites is 1. The van der Waals surface area contributed by atoms with E-state index >= 15 is 0 Å². The Morgan fingerprint density at radius 1 is 1.28 bits per heavy atom. The largest absolute Gasteiger partial charge is 0.481 e. The molecular weight excluding hydrogens is 293 g/mol. The maximum atomic E-state index is 10.7. The summed E-state index contributed by atoms with van der Waals surface area (Å²) in [5.74, 6) is -0.870. The van der Waals surface area contributed by atoms with Crippen molar-refractivity contribution in [3.63, 3.8) is 0 Å². The first-order valence-electron chi connectivity index (χ1n) is 5.07. The number of hydrogen-bond donors (Lipinski definition) is 2. The Hall–Kier alpha value is -1.23. The van der Waals surface area contributed by atoms with Crippen LogP contribution in [-0.4, -0.2) is 11.1 Å². The average Bonchev–Trinajstić information content (AvgIpc) is 2.70. The number of nitrogens with one attached hydrogen (secondary N) is 1. The average molecular weight is 302 g/mol. The van der Waals surface area contributed by atoms with Crippen molar-refractivity contribution in [3.8, 4) is 0 Å². The number of benzene rings is 1. The van der Waals surface area contributed by atoms with E-state index in [9.17, 15) is 4.79 Å². The van der Waals surface area contributed by atoms with Crippen molar-refractivity contribution >= 4 is 51.9 Å². The van der Waals surface area contributed by atoms with Gasteiger partial charge in [0.15, 0.2) is 0 Å². The molecule has 2 aromatic rings. The fourth-order valence-electron chi connectivity index (χ4n) is 1.48. The van der Waals surface area contributed by atoms with Gasteiger partial charge >= 0.3 is 5.97 Å². The van der Waals surface area contributed by atoms with Gasteiger partial charge in [-0.3, -0.25) is 4.79 Å². The van der Waals surface area contributed by atoms with Crippen LogP contribution in [0, 0.1) is 0 Å². The lowest BCUT2D eigenvalue weighted by molar-refractivity contribution is -0.136. The number of carboxylic acid groups (broad SMARTS) is 1. The highest BCUT2D eigenvalue weighted by Crippen LogP contribution is 2.35. The van der Waals surface area contributed by atoms with Crippen LogP contribution in [0.15, 0.2) is 29.6 Å². The zero-order chi connectivity index (χ0) is 13.1. The molecule has 0 atom stereocenters. The maximum Gasteiger partial charge on any atom is 0.308 e. The Morgan fingerprint density at radius 3 is 2.56 bits per heavy atom. The summed E-state index contributed by atoms with van der Waals surface area (Å²) in [5, 5.41) is 14.7. The van der Waals surface area contributed by atoms with Crippen LogP contribution in [0.5, 0.6) is 0 Å². The predicted octanol–water partition coefficient (Wildman–Crippen LogP) is 4.43. The molecule has 0 unspecified atom stereocenters. The van der Waals surface area contributed by atoms with Gasteiger partial charge < -0.3 is 10.4 Å². The quantitative estimate of drug-likeness (QED) is 0.878. The van der Waals surface area contributed by atoms with Crippen LogP contribution < -0.4 is 5.32 Å². The number of hydrogen-bond acceptors (Lipinski definition) is 3. The minimum absolute atomic E-state index is 0.0257. The van der Waals surface area contributed by atoms with E-state index < -0.39 is 5.97 Å². The molecule has 0 fully saturated rings. The van der Waals surface area contributed by atoms with E-state index in [1.54, 1.807) is 18.2 Å². The second-order valence-corrected chi connectivity index (χ2v) is 5.36. The minimum Gasteiger partial charge on any atom is -0.481 e. The van der Waals surface area contributed by atoms with Crippen molar-refractivity contribution in [2.45, 2.75) is 6.42 Å². The molecule has 6 heteroatoms. The van der Waals surface area contributed by atoms with Crippen LogP contribution in [0.1, 0.15) is 4.88 Å². The van der Waals surface area contributed by atoms with Crippen molar-refractivity contribution in [1.29, 1.82) is 0 Å². The molecule has 0 amide bonds. The summed E-state index contributed by atoms with van der Waals surface area (Å²) in [7, 11) is 0. The number of carboxylic acids is 1. The highest BCUT2D eigenvalue weighted by Gasteiger charge is 2.11. The van der Waals surface area contributed by atoms with E-state index in [1.165, 1.54) is 11.3 Å². The van der Waals surface area contributed by atoms with Gasteiger partial charge in [0, 0.05) is 4.88 Å². The van der Waals surface area contributed by atoms with Crippen molar-refractivity contribution < 1.29 is 9.90 Å². The highest BCUT2D eigenvalue weighted by atomic mass is 35.5. The number of aliphatic carboxylic acids is 1. The Morgan fingerprint density at radius 2 is 1.94 bits per heavy atom. The van der Waals surface area contributed by atoms with Gasteiger partial charge in [0.25, 0.3) is 0 Å². The van der Waals surface area contributed by atoms with E-state index in [4.69, 9.17) is 28.3 Å². The number of thiophene rings is 1. The second-order valence-electron chi connectivity index (χ2n) is 3.55. The highest BCUT2D eigenvalue weighted by molar-refractivity contribution is 7.10. The van der Waals surface area contributed by atoms with Crippen LogP contribution in [0.4, 0.5) is 11.4 Å². The van der Waals surface area contributed by atoms with Crippen LogP contribution in [0.3, 0.4) is 0 Å². The van der Waals surface area contributed by atoms with Gasteiger partial charge in [0.1, 0.15) is 0 Å². The first-order chi connectivity index (χ1) is 8.58. The third-order valence-electron chi connectivity index (χ3n) is 2.28. The van der Waals surface area contributed by atoms with Gasteiger partial charge in [0.05, 0.1) is 27.8 Å². The summed E-state index contributed by atoms with van der Waals surface area (Å²) in [6, 6.07) is 7.00. The molecular formula is C12H9Cl2NO2S. The van der Waals surface area contributed by atoms with Crippen molar-refractivity contribution in [3.05, 3.63) is 44.6 Å². The number of anilines is 2. The first-order valence-corrected chi connectivity index (χ1v) is 6.70. The first kappa shape index (κ1) is 13.2. The molecule has 1 heterocycles. The lowest BCUT2D eigenvalue weighted by atomic mass is 10.2. The summed E-state index contributed by atoms with van der Waals surface area (Å²) in [5.41, 5.74) is 1.31. The number of rotatable bonds is 4. The van der Waals surface area contributed by atoms with E-state index in [1.807, 2.05) is 11.4 Å². The third kappa shape index (κ3) is 2.96. The Bertz CT molecular complexity index is 563. The normalized spacial score (nSPS) is 10.3. The second kappa shape index (κ2) is 5.61. The molecule has 1 aromatic carbocycles. The van der Waals surface area contributed by atoms with Gasteiger partial charge in [-0.1, -0.05) is 29.3 Å². The zero-order valence-electron chi connectivity index (χ0n) is 9.11. The monoisotopic (exact) mass is 301 g/mol. The van der Waals surface area contributed by atoms with Crippen LogP contribution in [-0.2, 0) is 11.2 Å². The van der Waals surface area contributed by atoms with Crippen LogP contribution in [0.25, 0.3) is 0 Å². The van der Waals surface area contributed by atoms with Gasteiger partial charge in [0.2, 0.25) is 0 Å². The molecule has 3 nitrogen and oxygen atoms in total. The van der Waals surface area contributed by atoms with Crippen LogP contribution in [0.2, 0.25) is 10.0 Å². The SMILES string of the molecule is O=C(O)Cc1sccc1Nc1c(Cl)cccc1Cl. The molecule has 2 N–H and O–H groups in total. The molecule has 0 saturated carbocycles. The van der Waals surface area contributed by atoms with Gasteiger partial charge in [-0.25, -0.2) is 0 Å². The lowest BCUT2D eigenvalue weighted by Crippen LogP contribution is -2.01. The van der Waals surface area contributed by atoms with E-state index in [2.05, 4.69) is 5.32 Å². The summed E-state index contributed by atoms with van der Waals surface area (Å²) < 4.78 is 0. The smallest absolute Gasteiger partial charge is 0.308 e. The molecule has 18 heavy (non-hydrogen) atoms. The molecule has 0 aliphatic rings. The molecule has 94 valence electrons. The van der Waals surface area contributed by atoms with Crippen molar-refractivity contribution in [1.82, 2.24) is 0 Å². The predicted molar refractivity (Wildman–Crippen MR) is 75.4 cm³/mol. The molecule has 1 aromatic heterocycles. The Kier molecular flexibility index (Phi) is 4.11. The molecule has 0 bridgehead atoms.